The summed E-state index contributed by atoms with van der Waals surface area (Å²) in [6.45, 7) is 2.53. The number of pyridine rings is 1. The SMILES string of the molecule is c1ccc(-c2ccc3ccc(-c4nc(C5CC(N6CCCC6)C5)c5cnccn45)cc3n2)cc1. The second-order valence-electron chi connectivity index (χ2n) is 9.69. The Labute approximate surface area is 199 Å². The molecule has 0 spiro atoms. The van der Waals surface area contributed by atoms with E-state index >= 15 is 0 Å². The van der Waals surface area contributed by atoms with Gasteiger partial charge in [0.1, 0.15) is 5.82 Å². The third kappa shape index (κ3) is 3.31. The van der Waals surface area contributed by atoms with Crippen molar-refractivity contribution in [2.45, 2.75) is 37.6 Å². The number of rotatable bonds is 4. The van der Waals surface area contributed by atoms with E-state index < -0.39 is 0 Å². The van der Waals surface area contributed by atoms with Crippen LogP contribution in [0.4, 0.5) is 0 Å². The second-order valence-corrected chi connectivity index (χ2v) is 9.69. The van der Waals surface area contributed by atoms with Gasteiger partial charge in [0.15, 0.2) is 0 Å². The predicted octanol–water partition coefficient (Wildman–Crippen LogP) is 5.95. The number of fused-ring (bicyclic) bond motifs is 2. The van der Waals surface area contributed by atoms with Crippen molar-refractivity contribution in [2.24, 2.45) is 0 Å². The summed E-state index contributed by atoms with van der Waals surface area (Å²) in [5.74, 6) is 1.49. The van der Waals surface area contributed by atoms with Crippen LogP contribution in [0.3, 0.4) is 0 Å². The van der Waals surface area contributed by atoms with Gasteiger partial charge in [0.25, 0.3) is 0 Å². The van der Waals surface area contributed by atoms with E-state index in [0.29, 0.717) is 5.92 Å². The first kappa shape index (κ1) is 19.9. The molecule has 1 aliphatic carbocycles. The minimum Gasteiger partial charge on any atom is -0.300 e. The molecular formula is C29H27N5. The molecule has 0 bridgehead atoms. The molecule has 0 atom stereocenters. The summed E-state index contributed by atoms with van der Waals surface area (Å²) in [6.07, 6.45) is 11.0. The Kier molecular flexibility index (Phi) is 4.69. The summed E-state index contributed by atoms with van der Waals surface area (Å²) in [7, 11) is 0. The van der Waals surface area contributed by atoms with Gasteiger partial charge in [-0.3, -0.25) is 9.38 Å². The molecule has 2 fully saturated rings. The lowest BCUT2D eigenvalue weighted by Gasteiger charge is -2.40. The first-order valence-corrected chi connectivity index (χ1v) is 12.4. The molecule has 7 rings (SSSR count). The van der Waals surface area contributed by atoms with Crippen molar-refractivity contribution in [1.82, 2.24) is 24.3 Å². The highest BCUT2D eigenvalue weighted by atomic mass is 15.2. The van der Waals surface area contributed by atoms with Crippen molar-refractivity contribution in [3.05, 3.63) is 84.9 Å². The fraction of sp³-hybridized carbons (Fsp3) is 0.276. The molecule has 0 amide bonds. The Morgan fingerprint density at radius 3 is 2.50 bits per heavy atom. The topological polar surface area (TPSA) is 46.3 Å². The van der Waals surface area contributed by atoms with Crippen molar-refractivity contribution >= 4 is 16.4 Å². The summed E-state index contributed by atoms with van der Waals surface area (Å²) in [5, 5.41) is 1.14. The van der Waals surface area contributed by atoms with Crippen LogP contribution in [0.15, 0.2) is 79.3 Å². The Morgan fingerprint density at radius 1 is 0.824 bits per heavy atom. The number of likely N-dealkylation sites (tertiary alicyclic amines) is 1. The molecular weight excluding hydrogens is 418 g/mol. The van der Waals surface area contributed by atoms with E-state index in [1.54, 1.807) is 0 Å². The molecule has 1 saturated heterocycles. The number of benzene rings is 2. The molecule has 0 radical (unpaired) electrons. The average Bonchev–Trinajstić information content (AvgIpc) is 3.52. The summed E-state index contributed by atoms with van der Waals surface area (Å²) in [5.41, 5.74) is 6.53. The van der Waals surface area contributed by atoms with Gasteiger partial charge in [-0.2, -0.15) is 0 Å². The molecule has 3 aromatic heterocycles. The van der Waals surface area contributed by atoms with Crippen molar-refractivity contribution in [1.29, 1.82) is 0 Å². The Bertz CT molecular complexity index is 1480. The molecule has 2 aromatic carbocycles. The molecule has 4 heterocycles. The van der Waals surface area contributed by atoms with Crippen LogP contribution in [0.25, 0.3) is 39.1 Å². The van der Waals surface area contributed by atoms with Gasteiger partial charge in [-0.05, 0) is 50.9 Å². The van der Waals surface area contributed by atoms with Crippen LogP contribution in [0.1, 0.15) is 37.3 Å². The van der Waals surface area contributed by atoms with Gasteiger partial charge in [-0.1, -0.05) is 48.5 Å². The van der Waals surface area contributed by atoms with E-state index in [1.165, 1.54) is 44.5 Å². The minimum atomic E-state index is 0.516. The third-order valence-electron chi connectivity index (χ3n) is 7.65. The van der Waals surface area contributed by atoms with Gasteiger partial charge >= 0.3 is 0 Å². The number of hydrogen-bond acceptors (Lipinski definition) is 4. The van der Waals surface area contributed by atoms with Crippen LogP contribution in [0, 0.1) is 0 Å². The lowest BCUT2D eigenvalue weighted by molar-refractivity contribution is 0.135. The molecule has 0 N–H and O–H groups in total. The summed E-state index contributed by atoms with van der Waals surface area (Å²) >= 11 is 0. The first-order chi connectivity index (χ1) is 16.8. The number of nitrogens with zero attached hydrogens (tertiary/aromatic N) is 5. The highest BCUT2D eigenvalue weighted by Crippen LogP contribution is 2.43. The zero-order valence-corrected chi connectivity index (χ0v) is 19.1. The quantitative estimate of drug-likeness (QED) is 0.343. The number of aromatic nitrogens is 4. The third-order valence-corrected chi connectivity index (χ3v) is 7.65. The fourth-order valence-corrected chi connectivity index (χ4v) is 5.71. The molecule has 0 unspecified atom stereocenters. The minimum absolute atomic E-state index is 0.516. The van der Waals surface area contributed by atoms with Crippen LogP contribution in [-0.4, -0.2) is 43.4 Å². The largest absolute Gasteiger partial charge is 0.300 e. The maximum absolute atomic E-state index is 5.21. The Morgan fingerprint density at radius 2 is 1.65 bits per heavy atom. The highest BCUT2D eigenvalue weighted by molar-refractivity contribution is 5.85. The molecule has 1 saturated carbocycles. The molecule has 34 heavy (non-hydrogen) atoms. The van der Waals surface area contributed by atoms with Gasteiger partial charge in [-0.15, -0.1) is 0 Å². The number of imidazole rings is 1. The van der Waals surface area contributed by atoms with E-state index in [4.69, 9.17) is 9.97 Å². The zero-order valence-electron chi connectivity index (χ0n) is 19.1. The van der Waals surface area contributed by atoms with Gasteiger partial charge < -0.3 is 4.90 Å². The summed E-state index contributed by atoms with van der Waals surface area (Å²) < 4.78 is 2.20. The van der Waals surface area contributed by atoms with Crippen molar-refractivity contribution in [2.75, 3.05) is 13.1 Å². The maximum Gasteiger partial charge on any atom is 0.145 e. The van der Waals surface area contributed by atoms with Gasteiger partial charge in [0.05, 0.1) is 28.6 Å². The van der Waals surface area contributed by atoms with Crippen LogP contribution in [0.5, 0.6) is 0 Å². The molecule has 5 nitrogen and oxygen atoms in total. The highest BCUT2D eigenvalue weighted by Gasteiger charge is 2.37. The van der Waals surface area contributed by atoms with Crippen LogP contribution in [-0.2, 0) is 0 Å². The van der Waals surface area contributed by atoms with Crippen molar-refractivity contribution < 1.29 is 0 Å². The maximum atomic E-state index is 5.21. The van der Waals surface area contributed by atoms with Gasteiger partial charge in [0.2, 0.25) is 0 Å². The van der Waals surface area contributed by atoms with E-state index in [-0.39, 0.29) is 0 Å². The monoisotopic (exact) mass is 445 g/mol. The Balaban J connectivity index is 1.27. The standard InChI is InChI=1S/C29H27N5/c1-2-6-20(7-3-1)25-11-10-21-8-9-22(18-26(21)31-25)29-32-28(27-19-30-12-15-34(27)29)23-16-24(17-23)33-13-4-5-14-33/h1-3,6-12,15,18-19,23-24H,4-5,13-14,16-17H2. The van der Waals surface area contributed by atoms with E-state index in [1.807, 2.05) is 24.7 Å². The van der Waals surface area contributed by atoms with Gasteiger partial charge in [0, 0.05) is 40.9 Å². The van der Waals surface area contributed by atoms with E-state index in [9.17, 15) is 0 Å². The predicted molar refractivity (Wildman–Crippen MR) is 136 cm³/mol. The molecule has 168 valence electrons. The molecule has 2 aliphatic rings. The van der Waals surface area contributed by atoms with Crippen molar-refractivity contribution in [3.63, 3.8) is 0 Å². The molecule has 5 aromatic rings. The Hall–Kier alpha value is -3.57. The number of hydrogen-bond donors (Lipinski definition) is 0. The van der Waals surface area contributed by atoms with Crippen molar-refractivity contribution in [3.8, 4) is 22.6 Å². The summed E-state index contributed by atoms with van der Waals surface area (Å²) in [6, 6.07) is 21.8. The van der Waals surface area contributed by atoms with E-state index in [2.05, 4.69) is 68.9 Å². The summed E-state index contributed by atoms with van der Waals surface area (Å²) in [4.78, 5) is 17.3. The van der Waals surface area contributed by atoms with Crippen LogP contribution in [0.2, 0.25) is 0 Å². The second kappa shape index (κ2) is 8.03. The average molecular weight is 446 g/mol. The first-order valence-electron chi connectivity index (χ1n) is 12.4. The molecule has 5 heteroatoms. The van der Waals surface area contributed by atoms with Crippen LogP contribution < -0.4 is 0 Å². The lowest BCUT2D eigenvalue weighted by atomic mass is 9.77. The van der Waals surface area contributed by atoms with E-state index in [0.717, 1.165) is 45.1 Å². The fourth-order valence-electron chi connectivity index (χ4n) is 5.71. The zero-order chi connectivity index (χ0) is 22.5. The smallest absolute Gasteiger partial charge is 0.145 e. The normalized spacial score (nSPS) is 20.7. The lowest BCUT2D eigenvalue weighted by Crippen LogP contribution is -2.42. The van der Waals surface area contributed by atoms with Gasteiger partial charge in [-0.25, -0.2) is 9.97 Å². The molecule has 1 aliphatic heterocycles. The van der Waals surface area contributed by atoms with Crippen LogP contribution >= 0.6 is 0 Å².